The van der Waals surface area contributed by atoms with Gasteiger partial charge in [-0.05, 0) is 12.8 Å². The van der Waals surface area contributed by atoms with Crippen molar-refractivity contribution < 1.29 is 0 Å². The molecule has 27 heavy (non-hydrogen) atoms. The Hall–Kier alpha value is 1.11. The molecule has 0 amide bonds. The maximum atomic E-state index is 5.70. The van der Waals surface area contributed by atoms with Gasteiger partial charge >= 0.3 is 0 Å². The van der Waals surface area contributed by atoms with E-state index in [1.165, 1.54) is 128 Å². The second-order valence-electron chi connectivity index (χ2n) is 8.32. The zero-order valence-electron chi connectivity index (χ0n) is 18.3. The van der Waals surface area contributed by atoms with Crippen LogP contribution < -0.4 is 0 Å². The van der Waals surface area contributed by atoms with E-state index in [0.29, 0.717) is 0 Å². The first-order valence-electron chi connectivity index (χ1n) is 12.4. The van der Waals surface area contributed by atoms with E-state index in [2.05, 4.69) is 0 Å². The van der Waals surface area contributed by atoms with Crippen LogP contribution in [0.1, 0.15) is 128 Å². The Labute approximate surface area is 188 Å². The van der Waals surface area contributed by atoms with Crippen molar-refractivity contribution in [2.45, 2.75) is 139 Å². The van der Waals surface area contributed by atoms with E-state index in [-0.39, 0.29) is 0 Å². The van der Waals surface area contributed by atoms with Crippen LogP contribution in [0, 0.1) is 0 Å². The van der Waals surface area contributed by atoms with E-state index in [0.717, 1.165) is 27.0 Å². The molecule has 0 heterocycles. The summed E-state index contributed by atoms with van der Waals surface area (Å²) in [7, 11) is 0. The minimum atomic E-state index is 0.756. The lowest BCUT2D eigenvalue weighted by molar-refractivity contribution is 0.560. The van der Waals surface area contributed by atoms with Crippen LogP contribution in [0.2, 0.25) is 10.6 Å². The highest BCUT2D eigenvalue weighted by molar-refractivity contribution is 6.35. The zero-order chi connectivity index (χ0) is 19.7. The van der Waals surface area contributed by atoms with Gasteiger partial charge in [0.1, 0.15) is 0 Å². The van der Waals surface area contributed by atoms with Crippen LogP contribution in [-0.2, 0) is 0 Å². The number of alkyl halides is 2. The van der Waals surface area contributed by atoms with Crippen LogP contribution in [0.15, 0.2) is 0 Å². The maximum Gasteiger partial charge on any atom is 0.199 e. The van der Waals surface area contributed by atoms with Gasteiger partial charge in [0.2, 0.25) is 0 Å². The Bertz CT molecular complexity index is 225. The third kappa shape index (κ3) is 27.1. The fourth-order valence-corrected chi connectivity index (χ4v) is 5.56. The van der Waals surface area contributed by atoms with Crippen LogP contribution in [0.4, 0.5) is 0 Å². The van der Waals surface area contributed by atoms with Crippen molar-refractivity contribution >= 4 is 38.4 Å². The molecule has 0 aliphatic heterocycles. The summed E-state index contributed by atoms with van der Waals surface area (Å²) >= 11 is 12.2. The molecule has 161 valence electrons. The van der Waals surface area contributed by atoms with E-state index in [4.69, 9.17) is 23.2 Å². The van der Waals surface area contributed by atoms with Crippen LogP contribution in [0.25, 0.3) is 0 Å². The number of hydrogen-bond donors (Lipinski definition) is 0. The van der Waals surface area contributed by atoms with Crippen LogP contribution in [0.5, 0.6) is 0 Å². The topological polar surface area (TPSA) is 0 Å². The Morgan fingerprint density at radius 2 is 0.519 bits per heavy atom. The van der Waals surface area contributed by atoms with Gasteiger partial charge in [-0.25, -0.2) is 0 Å². The van der Waals surface area contributed by atoms with E-state index < -0.39 is 0 Å². The summed E-state index contributed by atoms with van der Waals surface area (Å²) in [5.74, 6) is 1.69. The fourth-order valence-electron chi connectivity index (χ4n) is 3.74. The summed E-state index contributed by atoms with van der Waals surface area (Å²) in [6.45, 7) is 0. The van der Waals surface area contributed by atoms with Crippen molar-refractivity contribution in [2.24, 2.45) is 0 Å². The first-order chi connectivity index (χ1) is 13.4. The zero-order valence-corrected chi connectivity index (χ0v) is 21.0. The molecule has 0 saturated carbocycles. The Balaban J connectivity index is 2.95. The van der Waals surface area contributed by atoms with E-state index in [9.17, 15) is 0 Å². The van der Waals surface area contributed by atoms with E-state index >= 15 is 0 Å². The molecule has 0 fully saturated rings. The smallest absolute Gasteiger partial charge is 0.127 e. The molecule has 0 rings (SSSR count). The minimum absolute atomic E-state index is 0.756. The lowest BCUT2D eigenvalue weighted by Gasteiger charge is -2.03. The second kappa shape index (κ2) is 27.1. The SMILES string of the molecule is ClCCCCCCCCCCC[CH2][Al][CH2]CCCCCCCCCCCCl. The second-order valence-corrected chi connectivity index (χ2v) is 10.8. The fraction of sp³-hybridized carbons (Fsp3) is 1.00. The molecule has 0 saturated heterocycles. The number of unbranched alkanes of at least 4 members (excludes halogenated alkanes) is 18. The molecule has 0 aliphatic carbocycles. The first kappa shape index (κ1) is 28.1. The summed E-state index contributed by atoms with van der Waals surface area (Å²) in [5, 5.41) is 3.11. The molecule has 1 radical (unpaired) electrons. The predicted octanol–water partition coefficient (Wildman–Crippen LogP) is 9.81. The number of rotatable bonds is 24. The van der Waals surface area contributed by atoms with Gasteiger partial charge in [-0.2, -0.15) is 0 Å². The van der Waals surface area contributed by atoms with Crippen molar-refractivity contribution in [3.05, 3.63) is 0 Å². The monoisotopic (exact) mass is 433 g/mol. The van der Waals surface area contributed by atoms with Crippen molar-refractivity contribution in [1.29, 1.82) is 0 Å². The minimum Gasteiger partial charge on any atom is -0.127 e. The molecular weight excluding hydrogens is 386 g/mol. The number of hydrogen-bond acceptors (Lipinski definition) is 0. The normalized spacial score (nSPS) is 11.2. The first-order valence-corrected chi connectivity index (χ1v) is 15.1. The van der Waals surface area contributed by atoms with Gasteiger partial charge in [0, 0.05) is 11.8 Å². The average molecular weight is 435 g/mol. The van der Waals surface area contributed by atoms with Gasteiger partial charge in [0.25, 0.3) is 0 Å². The highest BCUT2D eigenvalue weighted by Crippen LogP contribution is 2.14. The highest BCUT2D eigenvalue weighted by atomic mass is 35.5. The van der Waals surface area contributed by atoms with Gasteiger partial charge in [-0.1, -0.05) is 116 Å². The Morgan fingerprint density at radius 1 is 0.296 bits per heavy atom. The van der Waals surface area contributed by atoms with Crippen LogP contribution >= 0.6 is 23.2 Å². The quantitative estimate of drug-likeness (QED) is 0.0805. The largest absolute Gasteiger partial charge is 0.199 e. The molecule has 0 nitrogen and oxygen atoms in total. The predicted molar refractivity (Wildman–Crippen MR) is 129 cm³/mol. The Morgan fingerprint density at radius 3 is 0.778 bits per heavy atom. The average Bonchev–Trinajstić information content (AvgIpc) is 2.68. The van der Waals surface area contributed by atoms with Gasteiger partial charge in [-0.15, -0.1) is 33.8 Å². The van der Waals surface area contributed by atoms with Crippen LogP contribution in [-0.4, -0.2) is 27.0 Å². The van der Waals surface area contributed by atoms with Gasteiger partial charge in [-0.3, -0.25) is 0 Å². The van der Waals surface area contributed by atoms with E-state index in [1.807, 2.05) is 0 Å². The summed E-state index contributed by atoms with van der Waals surface area (Å²) in [6, 6.07) is 0. The molecule has 0 bridgehead atoms. The van der Waals surface area contributed by atoms with Gasteiger partial charge in [0.05, 0.1) is 0 Å². The van der Waals surface area contributed by atoms with Crippen molar-refractivity contribution in [3.8, 4) is 0 Å². The summed E-state index contributed by atoms with van der Waals surface area (Å²) < 4.78 is 0. The molecular formula is C24H48AlCl2. The lowest BCUT2D eigenvalue weighted by atomic mass is 10.1. The van der Waals surface area contributed by atoms with Crippen molar-refractivity contribution in [2.75, 3.05) is 11.8 Å². The highest BCUT2D eigenvalue weighted by Gasteiger charge is 1.97. The maximum absolute atomic E-state index is 5.70. The third-order valence-corrected chi connectivity index (χ3v) is 7.75. The van der Waals surface area contributed by atoms with Crippen LogP contribution in [0.3, 0.4) is 0 Å². The molecule has 0 aromatic carbocycles. The molecule has 0 spiro atoms. The standard InChI is InChI=1S/2C12H24Cl.Al/c2*1-2-3-4-5-6-7-8-9-10-11-12-13;/h2*1-12H2;. The third-order valence-electron chi connectivity index (χ3n) is 5.58. The summed E-state index contributed by atoms with van der Waals surface area (Å²) in [4.78, 5) is 0. The van der Waals surface area contributed by atoms with Gasteiger partial charge in [0.15, 0.2) is 15.2 Å². The summed E-state index contributed by atoms with van der Waals surface area (Å²) in [6.07, 6.45) is 28.4. The number of halogens is 2. The molecule has 0 unspecified atom stereocenters. The van der Waals surface area contributed by atoms with Gasteiger partial charge < -0.3 is 0 Å². The molecule has 0 aliphatic rings. The van der Waals surface area contributed by atoms with Crippen molar-refractivity contribution in [1.82, 2.24) is 0 Å². The molecule has 3 heteroatoms. The molecule has 0 atom stereocenters. The lowest BCUT2D eigenvalue weighted by Crippen LogP contribution is -1.90. The molecule has 0 N–H and O–H groups in total. The van der Waals surface area contributed by atoms with E-state index in [1.54, 1.807) is 10.6 Å². The summed E-state index contributed by atoms with van der Waals surface area (Å²) in [5.41, 5.74) is 0. The Kier molecular flexibility index (Phi) is 28.2. The molecule has 0 aromatic heterocycles. The van der Waals surface area contributed by atoms with Crippen molar-refractivity contribution in [3.63, 3.8) is 0 Å². The molecule has 0 aromatic rings.